The minimum absolute atomic E-state index is 0.177. The van der Waals surface area contributed by atoms with Gasteiger partial charge in [0.15, 0.2) is 5.82 Å². The molecule has 2 aromatic heterocycles. The van der Waals surface area contributed by atoms with Gasteiger partial charge >= 0.3 is 5.97 Å². The number of piperidine rings is 1. The Bertz CT molecular complexity index is 671. The van der Waals surface area contributed by atoms with Crippen molar-refractivity contribution in [3.05, 3.63) is 35.8 Å². The summed E-state index contributed by atoms with van der Waals surface area (Å²) in [4.78, 5) is 13.1. The van der Waals surface area contributed by atoms with Gasteiger partial charge in [0, 0.05) is 19.3 Å². The molecule has 0 radical (unpaired) electrons. The molecular weight excluding hydrogens is 270 g/mol. The van der Waals surface area contributed by atoms with Crippen LogP contribution in [-0.4, -0.2) is 44.1 Å². The van der Waals surface area contributed by atoms with Gasteiger partial charge in [-0.15, -0.1) is 5.10 Å². The summed E-state index contributed by atoms with van der Waals surface area (Å²) in [7, 11) is 0. The molecule has 0 bridgehead atoms. The SMILES string of the molecule is O=C(O)c1cnn(Cc2ccc(N3CC4CC4C3)nn2)c1. The molecule has 1 saturated carbocycles. The van der Waals surface area contributed by atoms with Crippen molar-refractivity contribution in [2.24, 2.45) is 11.8 Å². The van der Waals surface area contributed by atoms with Gasteiger partial charge in [0.05, 0.1) is 24.0 Å². The van der Waals surface area contributed by atoms with E-state index in [0.717, 1.165) is 36.4 Å². The Balaban J connectivity index is 1.44. The molecule has 21 heavy (non-hydrogen) atoms. The monoisotopic (exact) mass is 285 g/mol. The van der Waals surface area contributed by atoms with Crippen LogP contribution >= 0.6 is 0 Å². The highest BCUT2D eigenvalue weighted by Crippen LogP contribution is 2.45. The van der Waals surface area contributed by atoms with Crippen LogP contribution in [0.15, 0.2) is 24.5 Å². The number of anilines is 1. The van der Waals surface area contributed by atoms with Crippen LogP contribution in [0.4, 0.5) is 5.82 Å². The summed E-state index contributed by atoms with van der Waals surface area (Å²) in [6, 6.07) is 3.91. The minimum atomic E-state index is -0.977. The Morgan fingerprint density at radius 3 is 2.71 bits per heavy atom. The molecule has 1 N–H and O–H groups in total. The normalized spacial score (nSPS) is 23.1. The lowest BCUT2D eigenvalue weighted by Crippen LogP contribution is -2.23. The number of aromatic carboxylic acids is 1. The van der Waals surface area contributed by atoms with Gasteiger partial charge in [-0.2, -0.15) is 10.2 Å². The Kier molecular flexibility index (Phi) is 2.66. The van der Waals surface area contributed by atoms with Gasteiger partial charge < -0.3 is 10.0 Å². The van der Waals surface area contributed by atoms with Crippen LogP contribution in [0.2, 0.25) is 0 Å². The van der Waals surface area contributed by atoms with Crippen molar-refractivity contribution in [3.8, 4) is 0 Å². The zero-order chi connectivity index (χ0) is 14.4. The predicted molar refractivity (Wildman–Crippen MR) is 74.1 cm³/mol. The molecule has 108 valence electrons. The fourth-order valence-corrected chi connectivity index (χ4v) is 2.92. The number of hydrogen-bond acceptors (Lipinski definition) is 5. The van der Waals surface area contributed by atoms with E-state index in [1.54, 1.807) is 4.68 Å². The summed E-state index contributed by atoms with van der Waals surface area (Å²) in [5.74, 6) is 1.68. The highest BCUT2D eigenvalue weighted by Gasteiger charge is 2.45. The number of carboxylic acids is 1. The highest BCUT2D eigenvalue weighted by molar-refractivity contribution is 5.86. The maximum absolute atomic E-state index is 10.8. The summed E-state index contributed by atoms with van der Waals surface area (Å²) in [6.45, 7) is 2.62. The number of carboxylic acid groups (broad SMARTS) is 1. The van der Waals surface area contributed by atoms with E-state index >= 15 is 0 Å². The molecule has 2 aromatic rings. The highest BCUT2D eigenvalue weighted by atomic mass is 16.4. The van der Waals surface area contributed by atoms with Gasteiger partial charge in [0.2, 0.25) is 0 Å². The Morgan fingerprint density at radius 2 is 2.10 bits per heavy atom. The Morgan fingerprint density at radius 1 is 1.29 bits per heavy atom. The molecule has 2 unspecified atom stereocenters. The lowest BCUT2D eigenvalue weighted by molar-refractivity contribution is 0.0697. The van der Waals surface area contributed by atoms with Crippen LogP contribution in [0.1, 0.15) is 22.5 Å². The van der Waals surface area contributed by atoms with Crippen molar-refractivity contribution in [3.63, 3.8) is 0 Å². The number of carbonyl (C=O) groups is 1. The molecule has 0 aromatic carbocycles. The van der Waals surface area contributed by atoms with Crippen LogP contribution in [0.3, 0.4) is 0 Å². The third kappa shape index (κ3) is 2.35. The number of rotatable bonds is 4. The van der Waals surface area contributed by atoms with Crippen molar-refractivity contribution >= 4 is 11.8 Å². The first kappa shape index (κ1) is 12.3. The second-order valence-corrected chi connectivity index (χ2v) is 5.78. The van der Waals surface area contributed by atoms with Crippen molar-refractivity contribution in [2.75, 3.05) is 18.0 Å². The zero-order valence-corrected chi connectivity index (χ0v) is 11.4. The minimum Gasteiger partial charge on any atom is -0.478 e. The molecule has 1 aliphatic heterocycles. The molecule has 7 nitrogen and oxygen atoms in total. The van der Waals surface area contributed by atoms with E-state index < -0.39 is 5.97 Å². The molecule has 1 saturated heterocycles. The first-order valence-corrected chi connectivity index (χ1v) is 7.02. The van der Waals surface area contributed by atoms with Gasteiger partial charge in [-0.05, 0) is 30.4 Å². The maximum atomic E-state index is 10.8. The summed E-state index contributed by atoms with van der Waals surface area (Å²) >= 11 is 0. The van der Waals surface area contributed by atoms with E-state index in [9.17, 15) is 4.79 Å². The van der Waals surface area contributed by atoms with E-state index in [0.29, 0.717) is 6.54 Å². The second-order valence-electron chi connectivity index (χ2n) is 5.78. The Hall–Kier alpha value is -2.44. The van der Waals surface area contributed by atoms with Crippen LogP contribution in [0.25, 0.3) is 0 Å². The third-order valence-corrected chi connectivity index (χ3v) is 4.21. The van der Waals surface area contributed by atoms with Gasteiger partial charge in [-0.3, -0.25) is 4.68 Å². The van der Waals surface area contributed by atoms with E-state index in [2.05, 4.69) is 20.2 Å². The van der Waals surface area contributed by atoms with Crippen molar-refractivity contribution < 1.29 is 9.90 Å². The summed E-state index contributed by atoms with van der Waals surface area (Å²) in [5, 5.41) is 21.4. The lowest BCUT2D eigenvalue weighted by Gasteiger charge is -2.18. The molecule has 0 amide bonds. The van der Waals surface area contributed by atoms with Crippen LogP contribution < -0.4 is 4.90 Å². The van der Waals surface area contributed by atoms with E-state index in [1.807, 2.05) is 12.1 Å². The molecule has 0 spiro atoms. The summed E-state index contributed by atoms with van der Waals surface area (Å²) in [5.41, 5.74) is 0.944. The van der Waals surface area contributed by atoms with E-state index in [1.165, 1.54) is 18.8 Å². The van der Waals surface area contributed by atoms with Crippen molar-refractivity contribution in [1.82, 2.24) is 20.0 Å². The maximum Gasteiger partial charge on any atom is 0.338 e. The van der Waals surface area contributed by atoms with Gasteiger partial charge in [-0.25, -0.2) is 4.79 Å². The topological polar surface area (TPSA) is 84.1 Å². The largest absolute Gasteiger partial charge is 0.478 e. The average Bonchev–Trinajstić information content (AvgIpc) is 2.90. The zero-order valence-electron chi connectivity index (χ0n) is 11.4. The van der Waals surface area contributed by atoms with Crippen molar-refractivity contribution in [2.45, 2.75) is 13.0 Å². The second kappa shape index (κ2) is 4.54. The first-order valence-electron chi connectivity index (χ1n) is 7.02. The van der Waals surface area contributed by atoms with E-state index in [4.69, 9.17) is 5.11 Å². The molecule has 3 heterocycles. The summed E-state index contributed by atoms with van der Waals surface area (Å²) in [6.07, 6.45) is 4.19. The predicted octanol–water partition coefficient (Wildman–Crippen LogP) is 0.876. The van der Waals surface area contributed by atoms with Gasteiger partial charge in [-0.1, -0.05) is 0 Å². The number of nitrogens with zero attached hydrogens (tertiary/aromatic N) is 5. The molecule has 4 rings (SSSR count). The van der Waals surface area contributed by atoms with Crippen LogP contribution in [-0.2, 0) is 6.54 Å². The molecular formula is C14H15N5O2. The molecule has 7 heteroatoms. The standard InChI is InChI=1S/C14H15N5O2/c20-14(21)11-4-15-19(7-11)8-12-1-2-13(17-16-12)18-5-9-3-10(9)6-18/h1-2,4,7,9-10H,3,5-6,8H2,(H,20,21). The number of aromatic nitrogens is 4. The number of fused-ring (bicyclic) bond motifs is 1. The van der Waals surface area contributed by atoms with Gasteiger partial charge in [0.25, 0.3) is 0 Å². The summed E-state index contributed by atoms with van der Waals surface area (Å²) < 4.78 is 1.55. The van der Waals surface area contributed by atoms with Crippen molar-refractivity contribution in [1.29, 1.82) is 0 Å². The Labute approximate surface area is 121 Å². The quantitative estimate of drug-likeness (QED) is 0.897. The number of hydrogen-bond donors (Lipinski definition) is 1. The third-order valence-electron chi connectivity index (χ3n) is 4.21. The molecule has 2 atom stereocenters. The van der Waals surface area contributed by atoms with E-state index in [-0.39, 0.29) is 5.56 Å². The average molecular weight is 285 g/mol. The molecule has 2 aliphatic rings. The first-order chi connectivity index (χ1) is 10.2. The van der Waals surface area contributed by atoms with Crippen LogP contribution in [0.5, 0.6) is 0 Å². The molecule has 1 aliphatic carbocycles. The fraction of sp³-hybridized carbons (Fsp3) is 0.429. The lowest BCUT2D eigenvalue weighted by atomic mass is 10.3. The fourth-order valence-electron chi connectivity index (χ4n) is 2.92. The molecule has 2 fully saturated rings. The van der Waals surface area contributed by atoms with Crippen LogP contribution in [0, 0.1) is 11.8 Å². The van der Waals surface area contributed by atoms with Gasteiger partial charge in [0.1, 0.15) is 0 Å². The smallest absolute Gasteiger partial charge is 0.338 e.